The molecule has 1 atom stereocenters. The van der Waals surface area contributed by atoms with Crippen LogP contribution in [0.2, 0.25) is 0 Å². The summed E-state index contributed by atoms with van der Waals surface area (Å²) in [5, 5.41) is 11.3. The third-order valence-electron chi connectivity index (χ3n) is 6.01. The topological polar surface area (TPSA) is 85.3 Å². The summed E-state index contributed by atoms with van der Waals surface area (Å²) in [4.78, 5) is 28.0. The van der Waals surface area contributed by atoms with Crippen molar-refractivity contribution in [3.05, 3.63) is 94.8 Å². The van der Waals surface area contributed by atoms with Gasteiger partial charge in [0.25, 0.3) is 11.7 Å². The largest absolute Gasteiger partial charge is 0.507 e. The molecule has 1 heterocycles. The minimum atomic E-state index is -0.949. The second-order valence-corrected chi connectivity index (χ2v) is 8.86. The molecule has 1 N–H and O–H groups in total. The Morgan fingerprint density at radius 1 is 0.973 bits per heavy atom. The molecule has 192 valence electrons. The van der Waals surface area contributed by atoms with Gasteiger partial charge in [0, 0.05) is 6.54 Å². The van der Waals surface area contributed by atoms with Crippen molar-refractivity contribution in [2.75, 3.05) is 14.2 Å². The van der Waals surface area contributed by atoms with Gasteiger partial charge in [-0.05, 0) is 67.4 Å². The van der Waals surface area contributed by atoms with Crippen molar-refractivity contribution in [1.29, 1.82) is 0 Å². The van der Waals surface area contributed by atoms with Gasteiger partial charge in [-0.25, -0.2) is 4.39 Å². The number of ether oxygens (including phenoxy) is 3. The lowest BCUT2D eigenvalue weighted by Gasteiger charge is -2.26. The number of Topliss-reactive ketones (excluding diaryl/α,β-unsaturated/α-hetero) is 1. The average molecular weight is 506 g/mol. The predicted octanol–water partition coefficient (Wildman–Crippen LogP) is 5.25. The van der Waals surface area contributed by atoms with Gasteiger partial charge >= 0.3 is 0 Å². The molecule has 4 rings (SSSR count). The summed E-state index contributed by atoms with van der Waals surface area (Å²) in [6.07, 6.45) is 0.0107. The molecule has 0 radical (unpaired) electrons. The van der Waals surface area contributed by atoms with Crippen molar-refractivity contribution < 1.29 is 33.3 Å². The standard InChI is InChI=1S/C29H28FNO6/c1-17(2)37-21-11-8-18(9-12-21)16-31-26(19-6-5-7-22(14-19)35-3)25(28(33)29(31)34)27(32)23-15-20(30)10-13-24(23)36-4/h5-15,17,26,32H,16H2,1-4H3/b27-25+. The van der Waals surface area contributed by atoms with Gasteiger partial charge in [0.05, 0.1) is 37.5 Å². The van der Waals surface area contributed by atoms with Gasteiger partial charge in [-0.1, -0.05) is 24.3 Å². The number of benzene rings is 3. The Hall–Kier alpha value is -4.33. The average Bonchev–Trinajstić information content (AvgIpc) is 3.14. The van der Waals surface area contributed by atoms with Gasteiger partial charge in [-0.15, -0.1) is 0 Å². The van der Waals surface area contributed by atoms with Gasteiger partial charge in [-0.2, -0.15) is 0 Å². The van der Waals surface area contributed by atoms with Crippen LogP contribution in [0.4, 0.5) is 4.39 Å². The summed E-state index contributed by atoms with van der Waals surface area (Å²) < 4.78 is 30.4. The summed E-state index contributed by atoms with van der Waals surface area (Å²) >= 11 is 0. The number of aliphatic hydroxyl groups is 1. The van der Waals surface area contributed by atoms with Crippen LogP contribution in [0.25, 0.3) is 5.76 Å². The first-order valence-electron chi connectivity index (χ1n) is 11.7. The summed E-state index contributed by atoms with van der Waals surface area (Å²) in [6.45, 7) is 3.94. The predicted molar refractivity (Wildman–Crippen MR) is 136 cm³/mol. The molecule has 1 amide bonds. The van der Waals surface area contributed by atoms with Crippen molar-refractivity contribution >= 4 is 17.4 Å². The van der Waals surface area contributed by atoms with E-state index in [9.17, 15) is 19.1 Å². The van der Waals surface area contributed by atoms with E-state index in [0.29, 0.717) is 17.1 Å². The molecule has 0 bridgehead atoms. The number of rotatable bonds is 8. The Morgan fingerprint density at radius 2 is 1.70 bits per heavy atom. The van der Waals surface area contributed by atoms with Crippen LogP contribution < -0.4 is 14.2 Å². The normalized spacial score (nSPS) is 16.8. The van der Waals surface area contributed by atoms with Crippen LogP contribution in [0.5, 0.6) is 17.2 Å². The van der Waals surface area contributed by atoms with Gasteiger partial charge < -0.3 is 24.2 Å². The van der Waals surface area contributed by atoms with E-state index in [-0.39, 0.29) is 29.5 Å². The van der Waals surface area contributed by atoms with E-state index in [1.54, 1.807) is 36.4 Å². The fourth-order valence-corrected chi connectivity index (χ4v) is 4.35. The monoisotopic (exact) mass is 505 g/mol. The van der Waals surface area contributed by atoms with Crippen molar-refractivity contribution in [2.45, 2.75) is 32.5 Å². The Morgan fingerprint density at radius 3 is 2.35 bits per heavy atom. The first-order valence-corrected chi connectivity index (χ1v) is 11.7. The van der Waals surface area contributed by atoms with Crippen LogP contribution in [0, 0.1) is 5.82 Å². The zero-order chi connectivity index (χ0) is 26.7. The number of aliphatic hydroxyl groups excluding tert-OH is 1. The van der Waals surface area contributed by atoms with Crippen LogP contribution >= 0.6 is 0 Å². The molecule has 1 fully saturated rings. The molecule has 0 aliphatic carbocycles. The maximum Gasteiger partial charge on any atom is 0.295 e. The molecule has 3 aromatic rings. The highest BCUT2D eigenvalue weighted by Gasteiger charge is 2.46. The molecular formula is C29H28FNO6. The zero-order valence-corrected chi connectivity index (χ0v) is 21.0. The number of methoxy groups -OCH3 is 2. The van der Waals surface area contributed by atoms with E-state index in [1.807, 2.05) is 26.0 Å². The maximum atomic E-state index is 14.1. The number of hydrogen-bond acceptors (Lipinski definition) is 6. The van der Waals surface area contributed by atoms with Crippen LogP contribution in [0.1, 0.15) is 36.6 Å². The van der Waals surface area contributed by atoms with E-state index < -0.39 is 29.3 Å². The van der Waals surface area contributed by atoms with Crippen molar-refractivity contribution in [1.82, 2.24) is 4.90 Å². The highest BCUT2D eigenvalue weighted by atomic mass is 19.1. The Labute approximate surface area is 214 Å². The van der Waals surface area contributed by atoms with Crippen LogP contribution in [0.15, 0.2) is 72.3 Å². The van der Waals surface area contributed by atoms with Gasteiger partial charge in [0.1, 0.15) is 28.8 Å². The highest BCUT2D eigenvalue weighted by Crippen LogP contribution is 2.42. The third-order valence-corrected chi connectivity index (χ3v) is 6.01. The van der Waals surface area contributed by atoms with Crippen LogP contribution in [-0.2, 0) is 16.1 Å². The number of ketones is 1. The quantitative estimate of drug-likeness (QED) is 0.256. The number of likely N-dealkylation sites (tertiary alicyclic amines) is 1. The fraction of sp³-hybridized carbons (Fsp3) is 0.241. The SMILES string of the molecule is COc1cccc(C2/C(=C(\O)c3cc(F)ccc3OC)C(=O)C(=O)N2Cc2ccc(OC(C)C)cc2)c1. The summed E-state index contributed by atoms with van der Waals surface area (Å²) in [7, 11) is 2.88. The number of halogens is 1. The van der Waals surface area contributed by atoms with Crippen molar-refractivity contribution in [3.63, 3.8) is 0 Å². The molecule has 1 aliphatic rings. The van der Waals surface area contributed by atoms with Gasteiger partial charge in [0.15, 0.2) is 0 Å². The number of amides is 1. The van der Waals surface area contributed by atoms with Gasteiger partial charge in [-0.3, -0.25) is 9.59 Å². The molecular weight excluding hydrogens is 477 g/mol. The molecule has 1 unspecified atom stereocenters. The molecule has 8 heteroatoms. The van der Waals surface area contributed by atoms with Crippen molar-refractivity contribution in [3.8, 4) is 17.2 Å². The summed E-state index contributed by atoms with van der Waals surface area (Å²) in [5.74, 6) is -1.45. The second kappa shape index (κ2) is 10.7. The molecule has 1 saturated heterocycles. The first-order chi connectivity index (χ1) is 17.7. The van der Waals surface area contributed by atoms with E-state index in [2.05, 4.69) is 0 Å². The third kappa shape index (κ3) is 5.28. The minimum Gasteiger partial charge on any atom is -0.507 e. The first kappa shape index (κ1) is 25.8. The van der Waals surface area contributed by atoms with Crippen LogP contribution in [-0.4, -0.2) is 42.0 Å². The van der Waals surface area contributed by atoms with E-state index in [1.165, 1.54) is 31.3 Å². The molecule has 0 saturated carbocycles. The summed E-state index contributed by atoms with van der Waals surface area (Å²) in [5.41, 5.74) is 1.12. The lowest BCUT2D eigenvalue weighted by molar-refractivity contribution is -0.140. The summed E-state index contributed by atoms with van der Waals surface area (Å²) in [6, 6.07) is 16.8. The maximum absolute atomic E-state index is 14.1. The van der Waals surface area contributed by atoms with E-state index in [0.717, 1.165) is 11.6 Å². The number of carbonyl (C=O) groups excluding carboxylic acids is 2. The Balaban J connectivity index is 1.84. The smallest absolute Gasteiger partial charge is 0.295 e. The van der Waals surface area contributed by atoms with E-state index in [4.69, 9.17) is 14.2 Å². The number of nitrogens with zero attached hydrogens (tertiary/aromatic N) is 1. The lowest BCUT2D eigenvalue weighted by atomic mass is 9.94. The van der Waals surface area contributed by atoms with Crippen LogP contribution in [0.3, 0.4) is 0 Å². The second-order valence-electron chi connectivity index (χ2n) is 8.86. The Bertz CT molecular complexity index is 1350. The zero-order valence-electron chi connectivity index (χ0n) is 21.0. The van der Waals surface area contributed by atoms with E-state index >= 15 is 0 Å². The number of carbonyl (C=O) groups is 2. The molecule has 7 nitrogen and oxygen atoms in total. The highest BCUT2D eigenvalue weighted by molar-refractivity contribution is 6.46. The Kier molecular flexibility index (Phi) is 7.47. The van der Waals surface area contributed by atoms with Gasteiger partial charge in [0.2, 0.25) is 0 Å². The molecule has 1 aliphatic heterocycles. The number of hydrogen-bond donors (Lipinski definition) is 1. The lowest BCUT2D eigenvalue weighted by Crippen LogP contribution is -2.29. The molecule has 3 aromatic carbocycles. The molecule has 0 spiro atoms. The minimum absolute atomic E-state index is 0.0107. The molecule has 37 heavy (non-hydrogen) atoms. The van der Waals surface area contributed by atoms with Crippen molar-refractivity contribution in [2.24, 2.45) is 0 Å². The fourth-order valence-electron chi connectivity index (χ4n) is 4.35. The molecule has 0 aromatic heterocycles.